The minimum atomic E-state index is -0.728. The van der Waals surface area contributed by atoms with Crippen molar-refractivity contribution in [3.63, 3.8) is 0 Å². The van der Waals surface area contributed by atoms with E-state index in [9.17, 15) is 9.59 Å². The van der Waals surface area contributed by atoms with Crippen LogP contribution in [0.3, 0.4) is 0 Å². The number of nitrogens with one attached hydrogen (secondary N) is 1. The zero-order chi connectivity index (χ0) is 15.4. The van der Waals surface area contributed by atoms with E-state index in [1.165, 1.54) is 6.20 Å². The Labute approximate surface area is 141 Å². The van der Waals surface area contributed by atoms with E-state index in [0.29, 0.717) is 5.70 Å². The molecular formula is C13H15INO4V-. The SMILES string of the molecule is CCOC(=O)C(=CNC(=[C-]I)/C=C\[CH]=[V])C(=O)OCC. The molecule has 0 aliphatic heterocycles. The van der Waals surface area contributed by atoms with Gasteiger partial charge in [0.1, 0.15) is 0 Å². The van der Waals surface area contributed by atoms with Crippen LogP contribution in [-0.4, -0.2) is 29.9 Å². The second-order valence-electron chi connectivity index (χ2n) is 3.16. The van der Waals surface area contributed by atoms with Crippen molar-refractivity contribution < 1.29 is 36.0 Å². The molecule has 1 N–H and O–H groups in total. The third kappa shape index (κ3) is 7.67. The van der Waals surface area contributed by atoms with Gasteiger partial charge in [-0.3, -0.25) is 0 Å². The van der Waals surface area contributed by atoms with Crippen molar-refractivity contribution in [3.8, 4) is 0 Å². The van der Waals surface area contributed by atoms with E-state index in [2.05, 4.69) is 26.4 Å². The van der Waals surface area contributed by atoms with Crippen LogP contribution < -0.4 is 5.32 Å². The molecule has 0 radical (unpaired) electrons. The Bertz CT molecular complexity index is 424. The molecule has 0 heterocycles. The molecule has 0 aliphatic carbocycles. The summed E-state index contributed by atoms with van der Waals surface area (Å²) >= 11 is 4.22. The van der Waals surface area contributed by atoms with Crippen molar-refractivity contribution in [1.82, 2.24) is 5.32 Å². The van der Waals surface area contributed by atoms with Crippen molar-refractivity contribution in [3.05, 3.63) is 33.7 Å². The number of hydrogen-bond acceptors (Lipinski definition) is 5. The first-order valence-electron chi connectivity index (χ1n) is 5.79. The molecule has 0 aromatic rings. The fourth-order valence-corrected chi connectivity index (χ4v) is 1.48. The van der Waals surface area contributed by atoms with Gasteiger partial charge in [-0.25, -0.2) is 0 Å². The molecule has 0 unspecified atom stereocenters. The van der Waals surface area contributed by atoms with Gasteiger partial charge in [0, 0.05) is 0 Å². The van der Waals surface area contributed by atoms with Crippen LogP contribution in [0.1, 0.15) is 13.8 Å². The van der Waals surface area contributed by atoms with Crippen LogP contribution in [0, 0.1) is 4.08 Å². The van der Waals surface area contributed by atoms with Crippen molar-refractivity contribution in [1.29, 1.82) is 0 Å². The van der Waals surface area contributed by atoms with Crippen LogP contribution in [0.15, 0.2) is 29.6 Å². The Kier molecular flexibility index (Phi) is 11.4. The molecule has 109 valence electrons. The average molecular weight is 427 g/mol. The first-order chi connectivity index (χ1) is 9.60. The van der Waals surface area contributed by atoms with Gasteiger partial charge in [0.05, 0.1) is 0 Å². The van der Waals surface area contributed by atoms with Gasteiger partial charge in [-0.1, -0.05) is 0 Å². The van der Waals surface area contributed by atoms with E-state index < -0.39 is 11.9 Å². The number of ether oxygens (including phenoxy) is 2. The van der Waals surface area contributed by atoms with E-state index in [1.54, 1.807) is 30.7 Å². The molecule has 0 aliphatic rings. The molecule has 0 fully saturated rings. The third-order valence-electron chi connectivity index (χ3n) is 1.81. The van der Waals surface area contributed by atoms with E-state index in [1.807, 2.05) is 22.6 Å². The Balaban J connectivity index is 5.05. The molecule has 0 saturated heterocycles. The molecule has 0 aromatic heterocycles. The van der Waals surface area contributed by atoms with Gasteiger partial charge in [0.25, 0.3) is 0 Å². The summed E-state index contributed by atoms with van der Waals surface area (Å²) in [5, 5.41) is 2.80. The average Bonchev–Trinajstić information content (AvgIpc) is 2.43. The second-order valence-corrected chi connectivity index (χ2v) is 4.16. The number of rotatable bonds is 8. The molecule has 0 bridgehead atoms. The van der Waals surface area contributed by atoms with E-state index in [0.717, 1.165) is 0 Å². The van der Waals surface area contributed by atoms with Crippen LogP contribution >= 0.6 is 22.6 Å². The Morgan fingerprint density at radius 1 is 1.25 bits per heavy atom. The summed E-state index contributed by atoms with van der Waals surface area (Å²) < 4.78 is 14.3. The van der Waals surface area contributed by atoms with Gasteiger partial charge in [0.2, 0.25) is 0 Å². The number of allylic oxidation sites excluding steroid dienone is 2. The van der Waals surface area contributed by atoms with Gasteiger partial charge in [-0.2, -0.15) is 0 Å². The first-order valence-corrected chi connectivity index (χ1v) is 7.67. The van der Waals surface area contributed by atoms with Crippen LogP contribution in [0.5, 0.6) is 0 Å². The Morgan fingerprint density at radius 2 is 1.80 bits per heavy atom. The molecule has 20 heavy (non-hydrogen) atoms. The zero-order valence-corrected chi connectivity index (χ0v) is 14.7. The molecule has 0 rings (SSSR count). The summed E-state index contributed by atoms with van der Waals surface area (Å²) in [7, 11) is 0. The standard InChI is InChI=1S/C13H15INO4.V/c1-4-7-10(8-14)15-9-11(12(16)18-5-2)13(17)19-6-3;/h1,4,7,9,15H,5-6H2,2-3H3;/q-1;/b7-4-;. The molecule has 0 atom stereocenters. The number of hydrogen-bond donors (Lipinski definition) is 1. The summed E-state index contributed by atoms with van der Waals surface area (Å²) in [6, 6.07) is 0. The molecule has 0 amide bonds. The zero-order valence-electron chi connectivity index (χ0n) is 11.2. The number of esters is 2. The predicted octanol–water partition coefficient (Wildman–Crippen LogP) is 1.57. The second kappa shape index (κ2) is 11.9. The van der Waals surface area contributed by atoms with Crippen molar-refractivity contribution in [2.24, 2.45) is 0 Å². The maximum atomic E-state index is 11.7. The van der Waals surface area contributed by atoms with E-state index in [4.69, 9.17) is 9.47 Å². The first kappa shape index (κ1) is 19.1. The van der Waals surface area contributed by atoms with Crippen molar-refractivity contribution >= 4 is 39.3 Å². The Morgan fingerprint density at radius 3 is 2.20 bits per heavy atom. The molecule has 7 heteroatoms. The van der Waals surface area contributed by atoms with Crippen LogP contribution in [-0.2, 0) is 36.0 Å². The van der Waals surface area contributed by atoms with Crippen LogP contribution in [0.4, 0.5) is 0 Å². The predicted molar refractivity (Wildman–Crippen MR) is 80.5 cm³/mol. The third-order valence-corrected chi connectivity index (χ3v) is 2.66. The summed E-state index contributed by atoms with van der Waals surface area (Å²) in [6.45, 7) is 3.69. The Hall–Kier alpha value is -0.856. The van der Waals surface area contributed by atoms with Gasteiger partial charge < -0.3 is 0 Å². The summed E-state index contributed by atoms with van der Waals surface area (Å²) in [5.41, 5.74) is 0.404. The quantitative estimate of drug-likeness (QED) is 0.121. The molecule has 0 spiro atoms. The fraction of sp³-hybridized carbons (Fsp3) is 0.308. The summed E-state index contributed by atoms with van der Waals surface area (Å²) in [4.78, 5) is 23.4. The minimum absolute atomic E-state index is 0.180. The normalized spacial score (nSPS) is 10.8. The van der Waals surface area contributed by atoms with Crippen molar-refractivity contribution in [2.75, 3.05) is 13.2 Å². The number of carbonyl (C=O) groups excluding carboxylic acids is 2. The van der Waals surface area contributed by atoms with Gasteiger partial charge in [-0.15, -0.1) is 0 Å². The maximum absolute atomic E-state index is 11.7. The van der Waals surface area contributed by atoms with Gasteiger partial charge in [0.15, 0.2) is 0 Å². The summed E-state index contributed by atoms with van der Waals surface area (Å²) in [5.74, 6) is -1.46. The van der Waals surface area contributed by atoms with Gasteiger partial charge >= 0.3 is 141 Å². The molecule has 5 nitrogen and oxygen atoms in total. The van der Waals surface area contributed by atoms with E-state index >= 15 is 0 Å². The monoisotopic (exact) mass is 427 g/mol. The summed E-state index contributed by atoms with van der Waals surface area (Å²) in [6.07, 6.45) is 4.76. The fourth-order valence-electron chi connectivity index (χ4n) is 1.01. The topological polar surface area (TPSA) is 64.6 Å². The number of carbonyl (C=O) groups is 2. The van der Waals surface area contributed by atoms with Crippen LogP contribution in [0.25, 0.3) is 0 Å². The number of halogens is 1. The van der Waals surface area contributed by atoms with Crippen LogP contribution in [0.2, 0.25) is 0 Å². The van der Waals surface area contributed by atoms with Crippen molar-refractivity contribution in [2.45, 2.75) is 13.8 Å². The molecular weight excluding hydrogens is 412 g/mol. The van der Waals surface area contributed by atoms with Gasteiger partial charge in [-0.05, 0) is 0 Å². The molecule has 0 saturated carbocycles. The van der Waals surface area contributed by atoms with E-state index in [-0.39, 0.29) is 18.8 Å². The molecule has 0 aromatic carbocycles.